The van der Waals surface area contributed by atoms with E-state index in [2.05, 4.69) is 33.0 Å². The lowest BCUT2D eigenvalue weighted by Gasteiger charge is -2.33. The molecule has 0 spiro atoms. The summed E-state index contributed by atoms with van der Waals surface area (Å²) in [5.74, 6) is 0. The first kappa shape index (κ1) is 12.0. The Kier molecular flexibility index (Phi) is 4.35. The summed E-state index contributed by atoms with van der Waals surface area (Å²) in [4.78, 5) is 2.27. The maximum Gasteiger partial charge on any atom is 0.0628 e. The number of ether oxygens (including phenoxy) is 1. The third-order valence-electron chi connectivity index (χ3n) is 2.91. The van der Waals surface area contributed by atoms with Crippen molar-refractivity contribution in [3.63, 3.8) is 0 Å². The molecule has 1 aromatic carbocycles. The van der Waals surface area contributed by atoms with E-state index in [1.165, 1.54) is 0 Å². The molecule has 1 aliphatic rings. The Morgan fingerprint density at radius 3 is 2.44 bits per heavy atom. The van der Waals surface area contributed by atoms with Gasteiger partial charge in [-0.05, 0) is 17.7 Å². The van der Waals surface area contributed by atoms with Crippen LogP contribution in [0.5, 0.6) is 0 Å². The van der Waals surface area contributed by atoms with E-state index in [0.717, 1.165) is 36.3 Å². The van der Waals surface area contributed by atoms with Gasteiger partial charge in [-0.15, -0.1) is 0 Å². The number of benzene rings is 1. The number of aliphatic hydroxyl groups excluding tert-OH is 1. The number of nitrogens with zero attached hydrogens (tertiary/aromatic N) is 1. The van der Waals surface area contributed by atoms with Gasteiger partial charge in [0.2, 0.25) is 0 Å². The molecule has 88 valence electrons. The van der Waals surface area contributed by atoms with Crippen molar-refractivity contribution in [1.29, 1.82) is 0 Å². The van der Waals surface area contributed by atoms with Crippen molar-refractivity contribution in [2.24, 2.45) is 0 Å². The second-order valence-corrected chi connectivity index (χ2v) is 4.81. The molecule has 1 heterocycles. The molecule has 1 atom stereocenters. The van der Waals surface area contributed by atoms with Crippen LogP contribution in [0.3, 0.4) is 0 Å². The van der Waals surface area contributed by atoms with Gasteiger partial charge >= 0.3 is 0 Å². The van der Waals surface area contributed by atoms with Crippen molar-refractivity contribution in [2.45, 2.75) is 6.04 Å². The molecule has 1 aliphatic heterocycles. The molecule has 0 amide bonds. The second-order valence-electron chi connectivity index (χ2n) is 3.90. The van der Waals surface area contributed by atoms with Gasteiger partial charge in [0, 0.05) is 17.6 Å². The fourth-order valence-corrected chi connectivity index (χ4v) is 2.27. The van der Waals surface area contributed by atoms with Gasteiger partial charge in [-0.25, -0.2) is 0 Å². The minimum absolute atomic E-state index is 0.0944. The number of hydrogen-bond donors (Lipinski definition) is 1. The summed E-state index contributed by atoms with van der Waals surface area (Å²) in [6, 6.07) is 8.23. The molecule has 3 nitrogen and oxygen atoms in total. The molecule has 1 saturated heterocycles. The topological polar surface area (TPSA) is 32.7 Å². The highest BCUT2D eigenvalue weighted by Crippen LogP contribution is 2.22. The zero-order valence-corrected chi connectivity index (χ0v) is 10.7. The maximum absolute atomic E-state index is 9.51. The Hall–Kier alpha value is -0.420. The Morgan fingerprint density at radius 1 is 1.25 bits per heavy atom. The lowest BCUT2D eigenvalue weighted by Crippen LogP contribution is -2.40. The fourth-order valence-electron chi connectivity index (χ4n) is 2.01. The van der Waals surface area contributed by atoms with Crippen molar-refractivity contribution >= 4 is 15.9 Å². The predicted octanol–water partition coefficient (Wildman–Crippen LogP) is 1.81. The molecule has 0 aliphatic carbocycles. The third kappa shape index (κ3) is 2.83. The van der Waals surface area contributed by atoms with E-state index in [1.54, 1.807) is 0 Å². The Bertz CT molecular complexity index is 322. The first-order valence-electron chi connectivity index (χ1n) is 5.49. The smallest absolute Gasteiger partial charge is 0.0628 e. The average Bonchev–Trinajstić information content (AvgIpc) is 2.34. The van der Waals surface area contributed by atoms with Gasteiger partial charge in [0.15, 0.2) is 0 Å². The van der Waals surface area contributed by atoms with Gasteiger partial charge in [0.05, 0.1) is 25.9 Å². The van der Waals surface area contributed by atoms with Crippen molar-refractivity contribution in [1.82, 2.24) is 4.90 Å². The SMILES string of the molecule is OC[C@H](c1ccc(Br)cc1)N1CCOCC1. The molecule has 0 unspecified atom stereocenters. The normalized spacial score (nSPS) is 19.6. The molecule has 1 N–H and O–H groups in total. The molecule has 0 saturated carbocycles. The third-order valence-corrected chi connectivity index (χ3v) is 3.44. The summed E-state index contributed by atoms with van der Waals surface area (Å²) in [7, 11) is 0. The number of rotatable bonds is 3. The van der Waals surface area contributed by atoms with E-state index in [0.29, 0.717) is 0 Å². The molecule has 16 heavy (non-hydrogen) atoms. The highest BCUT2D eigenvalue weighted by atomic mass is 79.9. The van der Waals surface area contributed by atoms with Crippen LogP contribution in [-0.4, -0.2) is 42.9 Å². The zero-order valence-electron chi connectivity index (χ0n) is 9.10. The average molecular weight is 286 g/mol. The van der Waals surface area contributed by atoms with Gasteiger partial charge in [-0.2, -0.15) is 0 Å². The Labute approximate surface area is 104 Å². The molecule has 1 fully saturated rings. The first-order valence-corrected chi connectivity index (χ1v) is 6.28. The lowest BCUT2D eigenvalue weighted by atomic mass is 10.1. The molecule has 0 radical (unpaired) electrons. The van der Waals surface area contributed by atoms with Crippen LogP contribution in [0.15, 0.2) is 28.7 Å². The van der Waals surface area contributed by atoms with Crippen molar-refractivity contribution in [3.05, 3.63) is 34.3 Å². The van der Waals surface area contributed by atoms with E-state index >= 15 is 0 Å². The van der Waals surface area contributed by atoms with Crippen molar-refractivity contribution in [2.75, 3.05) is 32.9 Å². The summed E-state index contributed by atoms with van der Waals surface area (Å²) in [6.07, 6.45) is 0. The van der Waals surface area contributed by atoms with Crippen LogP contribution < -0.4 is 0 Å². The molecular formula is C12H16BrNO2. The van der Waals surface area contributed by atoms with Crippen LogP contribution >= 0.6 is 15.9 Å². The number of aliphatic hydroxyl groups is 1. The molecule has 2 rings (SSSR count). The second kappa shape index (κ2) is 5.77. The van der Waals surface area contributed by atoms with E-state index in [-0.39, 0.29) is 12.6 Å². The van der Waals surface area contributed by atoms with Crippen LogP contribution in [0, 0.1) is 0 Å². The minimum Gasteiger partial charge on any atom is -0.394 e. The van der Waals surface area contributed by atoms with Gasteiger partial charge in [0.1, 0.15) is 0 Å². The van der Waals surface area contributed by atoms with Gasteiger partial charge < -0.3 is 9.84 Å². The number of halogens is 1. The van der Waals surface area contributed by atoms with Crippen LogP contribution in [0.25, 0.3) is 0 Å². The quantitative estimate of drug-likeness (QED) is 0.920. The number of morpholine rings is 1. The number of hydrogen-bond acceptors (Lipinski definition) is 3. The predicted molar refractivity (Wildman–Crippen MR) is 66.4 cm³/mol. The Morgan fingerprint density at radius 2 is 1.88 bits per heavy atom. The maximum atomic E-state index is 9.51. The summed E-state index contributed by atoms with van der Waals surface area (Å²) >= 11 is 3.42. The summed E-state index contributed by atoms with van der Waals surface area (Å²) < 4.78 is 6.38. The lowest BCUT2D eigenvalue weighted by molar-refractivity contribution is 0.00259. The standard InChI is InChI=1S/C12H16BrNO2/c13-11-3-1-10(2-4-11)12(9-15)14-5-7-16-8-6-14/h1-4,12,15H,5-9H2/t12-/m1/s1. The van der Waals surface area contributed by atoms with E-state index in [9.17, 15) is 5.11 Å². The van der Waals surface area contributed by atoms with Crippen LogP contribution in [0.2, 0.25) is 0 Å². The van der Waals surface area contributed by atoms with E-state index in [4.69, 9.17) is 4.74 Å². The molecule has 0 bridgehead atoms. The highest BCUT2D eigenvalue weighted by molar-refractivity contribution is 9.10. The zero-order chi connectivity index (χ0) is 11.4. The van der Waals surface area contributed by atoms with Crippen molar-refractivity contribution in [3.8, 4) is 0 Å². The van der Waals surface area contributed by atoms with E-state index < -0.39 is 0 Å². The largest absolute Gasteiger partial charge is 0.394 e. The monoisotopic (exact) mass is 285 g/mol. The fraction of sp³-hybridized carbons (Fsp3) is 0.500. The molecule has 4 heteroatoms. The summed E-state index contributed by atoms with van der Waals surface area (Å²) in [5, 5.41) is 9.51. The molecular weight excluding hydrogens is 270 g/mol. The molecule has 1 aromatic rings. The van der Waals surface area contributed by atoms with Crippen LogP contribution in [-0.2, 0) is 4.74 Å². The van der Waals surface area contributed by atoms with Gasteiger partial charge in [0.25, 0.3) is 0 Å². The minimum atomic E-state index is 0.0944. The van der Waals surface area contributed by atoms with E-state index in [1.807, 2.05) is 12.1 Å². The van der Waals surface area contributed by atoms with Gasteiger partial charge in [-0.1, -0.05) is 28.1 Å². The summed E-state index contributed by atoms with van der Waals surface area (Å²) in [6.45, 7) is 3.45. The first-order chi connectivity index (χ1) is 7.81. The highest BCUT2D eigenvalue weighted by Gasteiger charge is 2.21. The van der Waals surface area contributed by atoms with Crippen LogP contribution in [0.1, 0.15) is 11.6 Å². The van der Waals surface area contributed by atoms with Crippen molar-refractivity contribution < 1.29 is 9.84 Å². The molecule has 0 aromatic heterocycles. The Balaban J connectivity index is 2.11. The van der Waals surface area contributed by atoms with Crippen LogP contribution in [0.4, 0.5) is 0 Å². The van der Waals surface area contributed by atoms with Gasteiger partial charge in [-0.3, -0.25) is 4.90 Å². The summed E-state index contributed by atoms with van der Waals surface area (Å²) in [5.41, 5.74) is 1.16.